The van der Waals surface area contributed by atoms with Gasteiger partial charge in [0, 0.05) is 16.8 Å². The van der Waals surface area contributed by atoms with Crippen LogP contribution >= 0.6 is 27.7 Å². The van der Waals surface area contributed by atoms with E-state index in [1.165, 1.54) is 102 Å². The van der Waals surface area contributed by atoms with E-state index in [1.807, 2.05) is 24.3 Å². The fourth-order valence-electron chi connectivity index (χ4n) is 4.78. The van der Waals surface area contributed by atoms with Gasteiger partial charge in [-0.2, -0.15) is 0 Å². The van der Waals surface area contributed by atoms with E-state index in [9.17, 15) is 14.7 Å². The first-order chi connectivity index (χ1) is 17.5. The standard InChI is InChI=1S/C29H47BrN2O3S/c1-2-3-4-5-6-7-8-9-10-11-12-13-14-15-16-17-22-31-28(35)29(24-18-20-25(30)21-19-24)32-26(23-36-29)27(33)34/h18-21,26,32H,2-17,22-23H2,1H3,(H,31,35)(H,33,34)/t26-,29?/m0/s1. The van der Waals surface area contributed by atoms with Gasteiger partial charge in [0.15, 0.2) is 4.87 Å². The molecule has 1 aliphatic rings. The van der Waals surface area contributed by atoms with Crippen LogP contribution < -0.4 is 10.6 Å². The first kappa shape index (κ1) is 31.2. The van der Waals surface area contributed by atoms with Crippen molar-refractivity contribution in [1.82, 2.24) is 10.6 Å². The van der Waals surface area contributed by atoms with E-state index in [2.05, 4.69) is 33.5 Å². The second kappa shape index (κ2) is 18.2. The van der Waals surface area contributed by atoms with E-state index in [0.717, 1.165) is 22.9 Å². The summed E-state index contributed by atoms with van der Waals surface area (Å²) in [6.07, 6.45) is 21.2. The van der Waals surface area contributed by atoms with Crippen molar-refractivity contribution in [2.45, 2.75) is 121 Å². The third-order valence-corrected chi connectivity index (χ3v) is 9.03. The molecule has 7 heteroatoms. The molecule has 0 radical (unpaired) electrons. The fourth-order valence-corrected chi connectivity index (χ4v) is 6.42. The molecular formula is C29H47BrN2O3S. The largest absolute Gasteiger partial charge is 0.480 e. The van der Waals surface area contributed by atoms with Crippen LogP contribution in [0.2, 0.25) is 0 Å². The third kappa shape index (κ3) is 11.1. The monoisotopic (exact) mass is 582 g/mol. The number of rotatable bonds is 20. The second-order valence-electron chi connectivity index (χ2n) is 10.1. The number of nitrogens with one attached hydrogen (secondary N) is 2. The van der Waals surface area contributed by atoms with Gasteiger partial charge in [-0.15, -0.1) is 11.8 Å². The molecular weight excluding hydrogens is 536 g/mol. The van der Waals surface area contributed by atoms with Crippen LogP contribution in [0.25, 0.3) is 0 Å². The molecule has 3 N–H and O–H groups in total. The molecule has 1 aliphatic heterocycles. The molecule has 0 aromatic heterocycles. The van der Waals surface area contributed by atoms with Crippen LogP contribution in [-0.2, 0) is 14.5 Å². The summed E-state index contributed by atoms with van der Waals surface area (Å²) in [6.45, 7) is 2.89. The lowest BCUT2D eigenvalue weighted by atomic mass is 10.0. The number of benzene rings is 1. The second-order valence-corrected chi connectivity index (χ2v) is 12.2. The molecule has 1 unspecified atom stereocenters. The number of carbonyl (C=O) groups is 2. The van der Waals surface area contributed by atoms with Gasteiger partial charge < -0.3 is 10.4 Å². The number of amides is 1. The summed E-state index contributed by atoms with van der Waals surface area (Å²) in [7, 11) is 0. The van der Waals surface area contributed by atoms with Gasteiger partial charge in [-0.1, -0.05) is 131 Å². The van der Waals surface area contributed by atoms with Crippen LogP contribution in [0.1, 0.15) is 115 Å². The number of hydrogen-bond acceptors (Lipinski definition) is 4. The minimum Gasteiger partial charge on any atom is -0.480 e. The van der Waals surface area contributed by atoms with Crippen molar-refractivity contribution in [2.24, 2.45) is 0 Å². The number of unbranched alkanes of at least 4 members (excludes halogenated alkanes) is 15. The predicted octanol–water partition coefficient (Wildman–Crippen LogP) is 7.77. The Labute approximate surface area is 231 Å². The Morgan fingerprint density at radius 1 is 0.889 bits per heavy atom. The van der Waals surface area contributed by atoms with Crippen LogP contribution in [0.5, 0.6) is 0 Å². The van der Waals surface area contributed by atoms with Gasteiger partial charge >= 0.3 is 5.97 Å². The van der Waals surface area contributed by atoms with E-state index in [4.69, 9.17) is 0 Å². The molecule has 2 atom stereocenters. The normalized spacial score (nSPS) is 19.4. The zero-order chi connectivity index (χ0) is 26.1. The van der Waals surface area contributed by atoms with E-state index in [1.54, 1.807) is 0 Å². The number of halogens is 1. The lowest BCUT2D eigenvalue weighted by Crippen LogP contribution is -2.52. The van der Waals surface area contributed by atoms with E-state index in [0.29, 0.717) is 12.3 Å². The summed E-state index contributed by atoms with van der Waals surface area (Å²) in [5.74, 6) is -0.718. The van der Waals surface area contributed by atoms with Gasteiger partial charge in [0.05, 0.1) is 0 Å². The molecule has 204 valence electrons. The Morgan fingerprint density at radius 2 is 1.36 bits per heavy atom. The molecule has 36 heavy (non-hydrogen) atoms. The number of aliphatic carboxylic acids is 1. The van der Waals surface area contributed by atoms with Crippen molar-refractivity contribution in [3.05, 3.63) is 34.3 Å². The number of carboxylic acids is 1. The van der Waals surface area contributed by atoms with Gasteiger partial charge in [-0.3, -0.25) is 14.9 Å². The van der Waals surface area contributed by atoms with Crippen LogP contribution in [-0.4, -0.2) is 35.3 Å². The maximum Gasteiger partial charge on any atom is 0.321 e. The summed E-state index contributed by atoms with van der Waals surface area (Å²) in [5, 5.41) is 15.6. The molecule has 1 saturated heterocycles. The van der Waals surface area contributed by atoms with Gasteiger partial charge in [0.2, 0.25) is 0 Å². The van der Waals surface area contributed by atoms with Gasteiger partial charge in [-0.25, -0.2) is 0 Å². The van der Waals surface area contributed by atoms with Crippen LogP contribution in [0.15, 0.2) is 28.7 Å². The minimum atomic E-state index is -1.06. The fraction of sp³-hybridized carbons (Fsp3) is 0.724. The van der Waals surface area contributed by atoms with Crippen molar-refractivity contribution in [3.63, 3.8) is 0 Å². The minimum absolute atomic E-state index is 0.153. The van der Waals surface area contributed by atoms with Crippen molar-refractivity contribution in [3.8, 4) is 0 Å². The molecule has 1 heterocycles. The molecule has 2 rings (SSSR count). The van der Waals surface area contributed by atoms with Gasteiger partial charge in [0.1, 0.15) is 6.04 Å². The first-order valence-electron chi connectivity index (χ1n) is 14.2. The van der Waals surface area contributed by atoms with E-state index < -0.39 is 16.9 Å². The molecule has 0 spiro atoms. The third-order valence-electron chi connectivity index (χ3n) is 7.03. The highest BCUT2D eigenvalue weighted by Gasteiger charge is 2.49. The van der Waals surface area contributed by atoms with E-state index >= 15 is 0 Å². The molecule has 0 aliphatic carbocycles. The summed E-state index contributed by atoms with van der Waals surface area (Å²) >= 11 is 4.79. The molecule has 1 aromatic carbocycles. The molecule has 0 saturated carbocycles. The number of carboxylic acid groups (broad SMARTS) is 1. The molecule has 5 nitrogen and oxygen atoms in total. The molecule has 1 fully saturated rings. The van der Waals surface area contributed by atoms with Crippen molar-refractivity contribution >= 4 is 39.6 Å². The van der Waals surface area contributed by atoms with Crippen molar-refractivity contribution < 1.29 is 14.7 Å². The Bertz CT molecular complexity index is 761. The van der Waals surface area contributed by atoms with Crippen LogP contribution in [0.4, 0.5) is 0 Å². The van der Waals surface area contributed by atoms with Crippen LogP contribution in [0.3, 0.4) is 0 Å². The average molecular weight is 584 g/mol. The predicted molar refractivity (Wildman–Crippen MR) is 155 cm³/mol. The topological polar surface area (TPSA) is 78.4 Å². The van der Waals surface area contributed by atoms with Crippen LogP contribution in [0, 0.1) is 0 Å². The maximum atomic E-state index is 13.2. The van der Waals surface area contributed by atoms with Gasteiger partial charge in [-0.05, 0) is 24.1 Å². The first-order valence-corrected chi connectivity index (χ1v) is 16.0. The molecule has 1 aromatic rings. The van der Waals surface area contributed by atoms with Crippen molar-refractivity contribution in [1.29, 1.82) is 0 Å². The number of carbonyl (C=O) groups excluding carboxylic acids is 1. The quantitative estimate of drug-likeness (QED) is 0.137. The molecule has 0 bridgehead atoms. The number of hydrogen-bond donors (Lipinski definition) is 3. The maximum absolute atomic E-state index is 13.2. The summed E-state index contributed by atoms with van der Waals surface area (Å²) in [5.41, 5.74) is 0.781. The SMILES string of the molecule is CCCCCCCCCCCCCCCCCCNC(=O)C1(c2ccc(Br)cc2)N[C@H](C(=O)O)CS1. The highest BCUT2D eigenvalue weighted by Crippen LogP contribution is 2.40. The zero-order valence-corrected chi connectivity index (χ0v) is 24.6. The summed E-state index contributed by atoms with van der Waals surface area (Å²) in [4.78, 5) is 23.6. The van der Waals surface area contributed by atoms with Crippen molar-refractivity contribution in [2.75, 3.05) is 12.3 Å². The lowest BCUT2D eigenvalue weighted by molar-refractivity contribution is -0.139. The van der Waals surface area contributed by atoms with E-state index in [-0.39, 0.29) is 5.91 Å². The zero-order valence-electron chi connectivity index (χ0n) is 22.2. The van der Waals surface area contributed by atoms with Gasteiger partial charge in [0.25, 0.3) is 5.91 Å². The lowest BCUT2D eigenvalue weighted by Gasteiger charge is -2.28. The summed E-state index contributed by atoms with van der Waals surface area (Å²) < 4.78 is 0.924. The Kier molecular flexibility index (Phi) is 15.8. The molecule has 1 amide bonds. The Morgan fingerprint density at radius 3 is 1.81 bits per heavy atom. The highest BCUT2D eigenvalue weighted by atomic mass is 79.9. The Balaban J connectivity index is 1.54. The summed E-state index contributed by atoms with van der Waals surface area (Å²) in [6, 6.07) is 6.79. The smallest absolute Gasteiger partial charge is 0.321 e. The number of thioether (sulfide) groups is 1. The highest BCUT2D eigenvalue weighted by molar-refractivity contribution is 9.10. The Hall–Kier alpha value is -1.05. The average Bonchev–Trinajstić information content (AvgIpc) is 3.33.